The number of hydrogen-bond acceptors (Lipinski definition) is 6. The maximum absolute atomic E-state index is 6.02. The minimum atomic E-state index is 0. The summed E-state index contributed by atoms with van der Waals surface area (Å²) >= 11 is 6.02. The average Bonchev–Trinajstić information content (AvgIpc) is 2.74. The molecule has 7 nitrogen and oxygen atoms in total. The normalized spacial score (nSPS) is 12.7. The van der Waals surface area contributed by atoms with Crippen molar-refractivity contribution in [3.8, 4) is 5.88 Å². The second-order valence-corrected chi connectivity index (χ2v) is 3.59. The Morgan fingerprint density at radius 2 is 2.11 bits per heavy atom. The van der Waals surface area contributed by atoms with Gasteiger partial charge in [0.25, 0.3) is 0 Å². The van der Waals surface area contributed by atoms with Gasteiger partial charge in [-0.3, -0.25) is 4.99 Å². The van der Waals surface area contributed by atoms with Gasteiger partial charge < -0.3 is 20.8 Å². The third-order valence-electron chi connectivity index (χ3n) is 2.05. The van der Waals surface area contributed by atoms with Crippen molar-refractivity contribution in [3.63, 3.8) is 0 Å². The van der Waals surface area contributed by atoms with Crippen molar-refractivity contribution < 1.29 is 10.2 Å². The second-order valence-electron chi connectivity index (χ2n) is 3.23. The average molecular weight is 296 g/mol. The summed E-state index contributed by atoms with van der Waals surface area (Å²) < 4.78 is 5.14. The largest absolute Gasteiger partial charge is 0.479 e. The van der Waals surface area contributed by atoms with Crippen molar-refractivity contribution in [2.75, 3.05) is 25.5 Å². The van der Waals surface area contributed by atoms with E-state index in [1.165, 1.54) is 7.11 Å². The number of anilines is 1. The van der Waals surface area contributed by atoms with Crippen LogP contribution in [-0.4, -0.2) is 41.6 Å². The molecule has 2 rings (SSSR count). The fourth-order valence-electron chi connectivity index (χ4n) is 1.37. The molecule has 0 aromatic carbocycles. The standard InChI is InChI=1S/C9H12ClN5O.ClH.H2O/c1-5-13-7(10)6(8(14-5)16-2)15-9-11-3-4-12-9;;/h3-4H2,1-2H3,(H2,11,12,15);1H;1H2. The van der Waals surface area contributed by atoms with Crippen LogP contribution in [0.25, 0.3) is 0 Å². The molecule has 0 saturated heterocycles. The summed E-state index contributed by atoms with van der Waals surface area (Å²) in [6, 6.07) is 0. The van der Waals surface area contributed by atoms with Gasteiger partial charge in [0.1, 0.15) is 11.5 Å². The molecule has 0 spiro atoms. The van der Waals surface area contributed by atoms with Gasteiger partial charge in [-0.25, -0.2) is 4.98 Å². The van der Waals surface area contributed by atoms with Gasteiger partial charge in [-0.1, -0.05) is 11.6 Å². The van der Waals surface area contributed by atoms with E-state index in [9.17, 15) is 0 Å². The van der Waals surface area contributed by atoms with Gasteiger partial charge in [-0.05, 0) is 6.92 Å². The van der Waals surface area contributed by atoms with E-state index in [1.807, 2.05) is 0 Å². The van der Waals surface area contributed by atoms with Crippen LogP contribution < -0.4 is 15.4 Å². The molecule has 0 saturated carbocycles. The molecule has 0 atom stereocenters. The van der Waals surface area contributed by atoms with Crippen LogP contribution in [0.1, 0.15) is 5.82 Å². The molecule has 0 aliphatic carbocycles. The Morgan fingerprint density at radius 3 is 2.67 bits per heavy atom. The molecule has 1 aromatic heterocycles. The van der Waals surface area contributed by atoms with Gasteiger partial charge in [0, 0.05) is 6.54 Å². The first-order valence-electron chi connectivity index (χ1n) is 4.84. The van der Waals surface area contributed by atoms with E-state index in [2.05, 4.69) is 25.6 Å². The number of rotatable bonds is 2. The lowest BCUT2D eigenvalue weighted by Crippen LogP contribution is -2.26. The first kappa shape index (κ1) is 16.7. The van der Waals surface area contributed by atoms with Gasteiger partial charge in [0.15, 0.2) is 11.1 Å². The maximum Gasteiger partial charge on any atom is 0.242 e. The molecule has 0 unspecified atom stereocenters. The molecular weight excluding hydrogens is 281 g/mol. The van der Waals surface area contributed by atoms with Gasteiger partial charge in [0.2, 0.25) is 5.88 Å². The highest BCUT2D eigenvalue weighted by Gasteiger charge is 2.15. The van der Waals surface area contributed by atoms with E-state index in [1.54, 1.807) is 6.92 Å². The van der Waals surface area contributed by atoms with Crippen LogP contribution in [0.4, 0.5) is 5.69 Å². The lowest BCUT2D eigenvalue weighted by Gasteiger charge is -2.11. The highest BCUT2D eigenvalue weighted by atomic mass is 35.5. The van der Waals surface area contributed by atoms with Crippen LogP contribution in [0.3, 0.4) is 0 Å². The maximum atomic E-state index is 6.02. The van der Waals surface area contributed by atoms with Crippen LogP contribution in [-0.2, 0) is 0 Å². The van der Waals surface area contributed by atoms with Gasteiger partial charge in [-0.2, -0.15) is 4.98 Å². The van der Waals surface area contributed by atoms with E-state index in [0.717, 1.165) is 13.1 Å². The van der Waals surface area contributed by atoms with Crippen LogP contribution in [0.5, 0.6) is 5.88 Å². The van der Waals surface area contributed by atoms with E-state index in [4.69, 9.17) is 16.3 Å². The number of methoxy groups -OCH3 is 1. The topological polar surface area (TPSA) is 103 Å². The Bertz CT molecular complexity index is 441. The first-order chi connectivity index (χ1) is 7.70. The van der Waals surface area contributed by atoms with Crippen molar-refractivity contribution in [3.05, 3.63) is 11.0 Å². The Morgan fingerprint density at radius 1 is 1.39 bits per heavy atom. The van der Waals surface area contributed by atoms with Crippen molar-refractivity contribution in [2.24, 2.45) is 4.99 Å². The highest BCUT2D eigenvalue weighted by Crippen LogP contribution is 2.28. The molecule has 1 aliphatic rings. The molecule has 0 bridgehead atoms. The Labute approximate surface area is 116 Å². The van der Waals surface area contributed by atoms with Crippen LogP contribution in [0.2, 0.25) is 5.15 Å². The molecule has 0 fully saturated rings. The van der Waals surface area contributed by atoms with E-state index in [-0.39, 0.29) is 17.9 Å². The molecule has 1 aromatic rings. The van der Waals surface area contributed by atoms with E-state index in [0.29, 0.717) is 28.5 Å². The summed E-state index contributed by atoms with van der Waals surface area (Å²) in [6.07, 6.45) is 0. The number of aromatic nitrogens is 2. The molecule has 0 amide bonds. The van der Waals surface area contributed by atoms with E-state index < -0.39 is 0 Å². The third kappa shape index (κ3) is 3.59. The third-order valence-corrected chi connectivity index (χ3v) is 2.33. The monoisotopic (exact) mass is 295 g/mol. The summed E-state index contributed by atoms with van der Waals surface area (Å²) in [5.41, 5.74) is 0.530. The first-order valence-corrected chi connectivity index (χ1v) is 5.22. The predicted molar refractivity (Wildman–Crippen MR) is 73.1 cm³/mol. The lowest BCUT2D eigenvalue weighted by atomic mass is 10.4. The predicted octanol–water partition coefficient (Wildman–Crippen LogP) is 0.415. The van der Waals surface area contributed by atoms with Crippen molar-refractivity contribution >= 4 is 35.7 Å². The number of hydrogen-bond donors (Lipinski definition) is 2. The molecule has 9 heteroatoms. The van der Waals surface area contributed by atoms with Gasteiger partial charge in [-0.15, -0.1) is 12.4 Å². The Hall–Kier alpha value is -1.31. The zero-order valence-corrected chi connectivity index (χ0v) is 11.5. The summed E-state index contributed by atoms with van der Waals surface area (Å²) in [7, 11) is 1.53. The quantitative estimate of drug-likeness (QED) is 0.770. The summed E-state index contributed by atoms with van der Waals surface area (Å²) in [5.74, 6) is 1.63. The minimum Gasteiger partial charge on any atom is -0.479 e. The molecule has 1 aliphatic heterocycles. The molecule has 0 radical (unpaired) electrons. The van der Waals surface area contributed by atoms with Crippen LogP contribution in [0.15, 0.2) is 4.99 Å². The van der Waals surface area contributed by atoms with Crippen molar-refractivity contribution in [2.45, 2.75) is 6.92 Å². The highest BCUT2D eigenvalue weighted by molar-refractivity contribution is 6.32. The molecule has 102 valence electrons. The Balaban J connectivity index is 0.00000144. The molecular formula is C9H15Cl2N5O2. The molecule has 4 N–H and O–H groups in total. The minimum absolute atomic E-state index is 0. The number of guanidine groups is 1. The molecule has 18 heavy (non-hydrogen) atoms. The zero-order chi connectivity index (χ0) is 11.5. The second kappa shape index (κ2) is 7.20. The smallest absolute Gasteiger partial charge is 0.242 e. The summed E-state index contributed by atoms with van der Waals surface area (Å²) in [6.45, 7) is 3.31. The van der Waals surface area contributed by atoms with Crippen LogP contribution in [0, 0.1) is 6.92 Å². The van der Waals surface area contributed by atoms with Crippen LogP contribution >= 0.6 is 24.0 Å². The summed E-state index contributed by atoms with van der Waals surface area (Å²) in [5, 5.41) is 6.40. The fourth-order valence-corrected chi connectivity index (χ4v) is 1.62. The number of aliphatic imine (C=N–C) groups is 1. The fraction of sp³-hybridized carbons (Fsp3) is 0.444. The lowest BCUT2D eigenvalue weighted by molar-refractivity contribution is 0.398. The number of ether oxygens (including phenoxy) is 1. The van der Waals surface area contributed by atoms with Gasteiger partial charge >= 0.3 is 0 Å². The number of nitrogens with one attached hydrogen (secondary N) is 2. The van der Waals surface area contributed by atoms with E-state index >= 15 is 0 Å². The van der Waals surface area contributed by atoms with Crippen molar-refractivity contribution in [1.29, 1.82) is 0 Å². The number of aryl methyl sites for hydroxylation is 1. The molecule has 2 heterocycles. The SMILES string of the molecule is COc1nc(C)nc(Cl)c1NC1=NCCN1.Cl.O. The van der Waals surface area contributed by atoms with Crippen molar-refractivity contribution in [1.82, 2.24) is 15.3 Å². The summed E-state index contributed by atoms with van der Waals surface area (Å²) in [4.78, 5) is 12.4. The number of nitrogens with zero attached hydrogens (tertiary/aromatic N) is 3. The zero-order valence-electron chi connectivity index (χ0n) is 9.95. The number of halogens is 2. The van der Waals surface area contributed by atoms with Gasteiger partial charge in [0.05, 0.1) is 13.7 Å². The Kier molecular flexibility index (Phi) is 6.67.